The first-order valence-corrected chi connectivity index (χ1v) is 3.84. The lowest BCUT2D eigenvalue weighted by molar-refractivity contribution is 0.439. The van der Waals surface area contributed by atoms with Crippen molar-refractivity contribution in [1.29, 1.82) is 0 Å². The molecule has 0 aromatic heterocycles. The fourth-order valence-corrected chi connectivity index (χ4v) is 1.02. The topological polar surface area (TPSA) is 0 Å². The zero-order chi connectivity index (χ0) is 10.0. The Morgan fingerprint density at radius 3 is 2.38 bits per heavy atom. The second-order valence-electron chi connectivity index (χ2n) is 2.79. The van der Waals surface area contributed by atoms with Crippen molar-refractivity contribution in [1.82, 2.24) is 0 Å². The van der Waals surface area contributed by atoms with E-state index in [1.54, 1.807) is 6.92 Å². The molecule has 0 N–H and O–H groups in total. The highest BCUT2D eigenvalue weighted by Gasteiger charge is 2.15. The van der Waals surface area contributed by atoms with Gasteiger partial charge < -0.3 is 0 Å². The third-order valence-corrected chi connectivity index (χ3v) is 1.91. The number of hydrogen-bond acceptors (Lipinski definition) is 0. The van der Waals surface area contributed by atoms with E-state index in [9.17, 15) is 13.2 Å². The minimum absolute atomic E-state index is 0.119. The summed E-state index contributed by atoms with van der Waals surface area (Å²) in [6.07, 6.45) is 1.47. The molecule has 1 unspecified atom stereocenters. The summed E-state index contributed by atoms with van der Waals surface area (Å²) in [7, 11) is 0. The van der Waals surface area contributed by atoms with Crippen LogP contribution in [0.5, 0.6) is 0 Å². The number of rotatable bonds is 2. The Morgan fingerprint density at radius 2 is 1.85 bits per heavy atom. The molecule has 0 nitrogen and oxygen atoms in total. The molecule has 70 valence electrons. The zero-order valence-corrected chi connectivity index (χ0v) is 7.15. The molecule has 0 bridgehead atoms. The van der Waals surface area contributed by atoms with Gasteiger partial charge in [0.2, 0.25) is 0 Å². The monoisotopic (exact) mass is 186 g/mol. The lowest BCUT2D eigenvalue weighted by Gasteiger charge is -2.08. The van der Waals surface area contributed by atoms with Gasteiger partial charge in [0, 0.05) is 5.92 Å². The number of hydrogen-bond donors (Lipinski definition) is 0. The van der Waals surface area contributed by atoms with Crippen molar-refractivity contribution in [2.45, 2.75) is 12.8 Å². The molecule has 0 radical (unpaired) electrons. The molecule has 1 rings (SSSR count). The molecule has 1 aromatic rings. The molecule has 0 heterocycles. The van der Waals surface area contributed by atoms with Gasteiger partial charge in [0.15, 0.2) is 17.5 Å². The van der Waals surface area contributed by atoms with Crippen molar-refractivity contribution >= 4 is 0 Å². The first-order valence-electron chi connectivity index (χ1n) is 3.84. The molecule has 0 aliphatic rings. The Morgan fingerprint density at radius 1 is 1.23 bits per heavy atom. The SMILES string of the molecule is C=CC(C)c1ccc(F)c(F)c1F. The van der Waals surface area contributed by atoms with E-state index >= 15 is 0 Å². The molecule has 1 atom stereocenters. The molecular weight excluding hydrogens is 177 g/mol. The van der Waals surface area contributed by atoms with Crippen molar-refractivity contribution < 1.29 is 13.2 Å². The summed E-state index contributed by atoms with van der Waals surface area (Å²) in [5.74, 6) is -4.05. The Bertz CT molecular complexity index is 331. The van der Waals surface area contributed by atoms with E-state index in [-0.39, 0.29) is 11.5 Å². The molecule has 1 aromatic carbocycles. The Labute approximate surface area is 74.7 Å². The lowest BCUT2D eigenvalue weighted by atomic mass is 10.0. The maximum atomic E-state index is 13.0. The van der Waals surface area contributed by atoms with Crippen LogP contribution in [0.4, 0.5) is 13.2 Å². The van der Waals surface area contributed by atoms with Crippen LogP contribution in [0.15, 0.2) is 24.8 Å². The van der Waals surface area contributed by atoms with Crippen LogP contribution in [0.3, 0.4) is 0 Å². The van der Waals surface area contributed by atoms with Gasteiger partial charge in [-0.2, -0.15) is 0 Å². The van der Waals surface area contributed by atoms with Gasteiger partial charge in [-0.25, -0.2) is 13.2 Å². The van der Waals surface area contributed by atoms with Crippen molar-refractivity contribution in [3.05, 3.63) is 47.8 Å². The highest BCUT2D eigenvalue weighted by Crippen LogP contribution is 2.22. The third kappa shape index (κ3) is 1.74. The maximum Gasteiger partial charge on any atom is 0.194 e. The summed E-state index contributed by atoms with van der Waals surface area (Å²) < 4.78 is 38.2. The van der Waals surface area contributed by atoms with Gasteiger partial charge in [-0.15, -0.1) is 6.58 Å². The molecular formula is C10H9F3. The second-order valence-corrected chi connectivity index (χ2v) is 2.79. The zero-order valence-electron chi connectivity index (χ0n) is 7.15. The minimum atomic E-state index is -1.42. The van der Waals surface area contributed by atoms with Crippen LogP contribution in [-0.4, -0.2) is 0 Å². The van der Waals surface area contributed by atoms with E-state index in [2.05, 4.69) is 6.58 Å². The van der Waals surface area contributed by atoms with E-state index in [4.69, 9.17) is 0 Å². The molecule has 13 heavy (non-hydrogen) atoms. The molecule has 0 saturated carbocycles. The first kappa shape index (κ1) is 9.84. The molecule has 0 saturated heterocycles. The fraction of sp³-hybridized carbons (Fsp3) is 0.200. The smallest absolute Gasteiger partial charge is 0.194 e. The Balaban J connectivity index is 3.25. The van der Waals surface area contributed by atoms with Crippen LogP contribution < -0.4 is 0 Å². The molecule has 0 aliphatic heterocycles. The number of allylic oxidation sites excluding steroid dienone is 1. The molecule has 0 aliphatic carbocycles. The van der Waals surface area contributed by atoms with E-state index in [0.29, 0.717) is 0 Å². The van der Waals surface area contributed by atoms with Crippen LogP contribution in [0, 0.1) is 17.5 Å². The average Bonchev–Trinajstić information content (AvgIpc) is 2.13. The van der Waals surface area contributed by atoms with Crippen molar-refractivity contribution in [3.63, 3.8) is 0 Å². The lowest BCUT2D eigenvalue weighted by Crippen LogP contribution is -1.99. The molecule has 0 amide bonds. The van der Waals surface area contributed by atoms with E-state index < -0.39 is 17.5 Å². The third-order valence-electron chi connectivity index (χ3n) is 1.91. The Hall–Kier alpha value is -1.25. The second kappa shape index (κ2) is 3.64. The van der Waals surface area contributed by atoms with Crippen molar-refractivity contribution in [2.75, 3.05) is 0 Å². The van der Waals surface area contributed by atoms with Crippen LogP contribution in [0.2, 0.25) is 0 Å². The standard InChI is InChI=1S/C10H9F3/c1-3-6(2)7-4-5-8(11)10(13)9(7)12/h3-6H,1H2,2H3. The van der Waals surface area contributed by atoms with Gasteiger partial charge in [-0.1, -0.05) is 19.1 Å². The molecule has 0 spiro atoms. The van der Waals surface area contributed by atoms with Gasteiger partial charge in [0.25, 0.3) is 0 Å². The predicted molar refractivity (Wildman–Crippen MR) is 44.9 cm³/mol. The van der Waals surface area contributed by atoms with E-state index in [1.165, 1.54) is 12.1 Å². The van der Waals surface area contributed by atoms with Gasteiger partial charge in [-0.3, -0.25) is 0 Å². The molecule has 0 fully saturated rings. The summed E-state index contributed by atoms with van der Waals surface area (Å²) in [6.45, 7) is 5.10. The van der Waals surface area contributed by atoms with Gasteiger partial charge >= 0.3 is 0 Å². The van der Waals surface area contributed by atoms with Gasteiger partial charge in [0.1, 0.15) is 0 Å². The quantitative estimate of drug-likeness (QED) is 0.490. The normalized spacial score (nSPS) is 12.6. The predicted octanol–water partition coefficient (Wildman–Crippen LogP) is 3.39. The van der Waals surface area contributed by atoms with Crippen molar-refractivity contribution in [3.8, 4) is 0 Å². The van der Waals surface area contributed by atoms with Gasteiger partial charge in [0.05, 0.1) is 0 Å². The number of benzene rings is 1. The Kier molecular flexibility index (Phi) is 2.76. The first-order chi connectivity index (χ1) is 6.07. The van der Waals surface area contributed by atoms with Crippen LogP contribution in [0.1, 0.15) is 18.4 Å². The highest BCUT2D eigenvalue weighted by atomic mass is 19.2. The summed E-state index contributed by atoms with van der Waals surface area (Å²) in [6, 6.07) is 2.13. The summed E-state index contributed by atoms with van der Waals surface area (Å²) in [5, 5.41) is 0. The van der Waals surface area contributed by atoms with Crippen LogP contribution >= 0.6 is 0 Å². The van der Waals surface area contributed by atoms with Crippen molar-refractivity contribution in [2.24, 2.45) is 0 Å². The summed E-state index contributed by atoms with van der Waals surface area (Å²) in [5.41, 5.74) is 0.119. The fourth-order valence-electron chi connectivity index (χ4n) is 1.02. The maximum absolute atomic E-state index is 13.0. The highest BCUT2D eigenvalue weighted by molar-refractivity contribution is 5.26. The number of halogens is 3. The van der Waals surface area contributed by atoms with Crippen LogP contribution in [-0.2, 0) is 0 Å². The van der Waals surface area contributed by atoms with E-state index in [0.717, 1.165) is 6.07 Å². The summed E-state index contributed by atoms with van der Waals surface area (Å²) in [4.78, 5) is 0. The summed E-state index contributed by atoms with van der Waals surface area (Å²) >= 11 is 0. The van der Waals surface area contributed by atoms with E-state index in [1.807, 2.05) is 0 Å². The largest absolute Gasteiger partial charge is 0.204 e. The van der Waals surface area contributed by atoms with Gasteiger partial charge in [-0.05, 0) is 11.6 Å². The average molecular weight is 186 g/mol. The van der Waals surface area contributed by atoms with Crippen LogP contribution in [0.25, 0.3) is 0 Å². The molecule has 3 heteroatoms. The minimum Gasteiger partial charge on any atom is -0.204 e.